The fraction of sp³-hybridized carbons (Fsp3) is 0.512. The van der Waals surface area contributed by atoms with E-state index in [1.165, 1.54) is 21.2 Å². The molecular weight excluding hydrogens is 719 g/mol. The summed E-state index contributed by atoms with van der Waals surface area (Å²) >= 11 is 1.42. The van der Waals surface area contributed by atoms with Crippen LogP contribution in [0.3, 0.4) is 0 Å². The van der Waals surface area contributed by atoms with E-state index in [1.807, 2.05) is 32.2 Å². The number of likely N-dealkylation sites (N-methyl/N-ethyl adjacent to an activating group) is 1. The van der Waals surface area contributed by atoms with Gasteiger partial charge >= 0.3 is 5.97 Å². The van der Waals surface area contributed by atoms with Crippen molar-refractivity contribution in [3.8, 4) is 22.5 Å². The SMILES string of the molecule is CCn1c(-c2cccnc2[C@H](C)OC)c2c3cc(ccc31)-c1csc(n1)C[C@H](NC(=O)C(C(C)C)N(C)C=O)C(=O)N1CCC[C@H](N1)C(=O)OCC(C)(C)C2. The van der Waals surface area contributed by atoms with Crippen molar-refractivity contribution >= 4 is 46.4 Å². The van der Waals surface area contributed by atoms with Gasteiger partial charge in [0.2, 0.25) is 12.3 Å². The third kappa shape index (κ3) is 8.31. The zero-order valence-corrected chi connectivity index (χ0v) is 33.9. The minimum absolute atomic E-state index is 0.123. The van der Waals surface area contributed by atoms with E-state index >= 15 is 0 Å². The highest BCUT2D eigenvalue weighted by Gasteiger charge is 2.37. The monoisotopic (exact) mass is 771 g/mol. The maximum atomic E-state index is 14.2. The molecule has 4 aromatic rings. The molecule has 6 bridgehead atoms. The van der Waals surface area contributed by atoms with Crippen LogP contribution in [0.15, 0.2) is 41.9 Å². The van der Waals surface area contributed by atoms with Gasteiger partial charge in [-0.3, -0.25) is 29.2 Å². The van der Waals surface area contributed by atoms with Gasteiger partial charge < -0.3 is 24.3 Å². The summed E-state index contributed by atoms with van der Waals surface area (Å²) in [7, 11) is 3.24. The summed E-state index contributed by atoms with van der Waals surface area (Å²) in [6, 6.07) is 7.88. The number of fused-ring (bicyclic) bond motifs is 6. The smallest absolute Gasteiger partial charge is 0.324 e. The summed E-state index contributed by atoms with van der Waals surface area (Å²) in [6.45, 7) is 13.2. The Morgan fingerprint density at radius 1 is 1.24 bits per heavy atom. The van der Waals surface area contributed by atoms with E-state index < -0.39 is 41.3 Å². The molecule has 294 valence electrons. The maximum absolute atomic E-state index is 14.2. The van der Waals surface area contributed by atoms with Crippen molar-refractivity contribution in [2.75, 3.05) is 27.3 Å². The van der Waals surface area contributed by atoms with Gasteiger partial charge in [-0.2, -0.15) is 0 Å². The zero-order chi connectivity index (χ0) is 39.6. The van der Waals surface area contributed by atoms with Gasteiger partial charge in [0.25, 0.3) is 5.91 Å². The number of methoxy groups -OCH3 is 1. The standard InChI is InChI=1S/C41H53N7O6S/c1-9-47-33-15-14-26-18-28(33)29(37(47)27-12-10-16-42-35(27)25(4)53-8)20-41(5,6)22-54-40(52)30-13-11-17-48(45-30)39(51)31(19-34-43-32(26)21-55-34)44-38(50)36(24(2)3)46(7)23-49/h10,12,14-16,18,21,23-25,30-31,36,45H,9,11,13,17,19-20,22H2,1-8H3,(H,44,50)/t25-,30-,31-,36?/m0/s1. The number of amides is 3. The van der Waals surface area contributed by atoms with E-state index in [0.29, 0.717) is 43.8 Å². The van der Waals surface area contributed by atoms with Crippen LogP contribution in [-0.4, -0.2) is 94.1 Å². The number of benzene rings is 1. The van der Waals surface area contributed by atoms with E-state index in [-0.39, 0.29) is 25.0 Å². The van der Waals surface area contributed by atoms with Gasteiger partial charge in [-0.25, -0.2) is 10.4 Å². The summed E-state index contributed by atoms with van der Waals surface area (Å²) in [5.41, 5.74) is 9.36. The quantitative estimate of drug-likeness (QED) is 0.171. The lowest BCUT2D eigenvalue weighted by Gasteiger charge is -2.36. The van der Waals surface area contributed by atoms with Gasteiger partial charge in [0.15, 0.2) is 0 Å². The number of carbonyl (C=O) groups excluding carboxylic acids is 4. The number of hydrogen-bond acceptors (Lipinski definition) is 10. The van der Waals surface area contributed by atoms with Crippen LogP contribution in [0, 0.1) is 11.3 Å². The molecule has 2 aliphatic heterocycles. The van der Waals surface area contributed by atoms with Crippen LogP contribution < -0.4 is 10.7 Å². The maximum Gasteiger partial charge on any atom is 0.324 e. The number of esters is 1. The third-order valence-corrected chi connectivity index (χ3v) is 11.5. The molecule has 14 heteroatoms. The number of hydrogen-bond donors (Lipinski definition) is 2. The third-order valence-electron chi connectivity index (χ3n) is 10.7. The molecule has 5 heterocycles. The Kier molecular flexibility index (Phi) is 12.1. The van der Waals surface area contributed by atoms with E-state index in [9.17, 15) is 19.2 Å². The molecule has 55 heavy (non-hydrogen) atoms. The fourth-order valence-electron chi connectivity index (χ4n) is 7.84. The van der Waals surface area contributed by atoms with E-state index in [1.54, 1.807) is 20.4 Å². The first kappa shape index (κ1) is 40.0. The predicted octanol–water partition coefficient (Wildman–Crippen LogP) is 5.32. The Morgan fingerprint density at radius 2 is 2.02 bits per heavy atom. The van der Waals surface area contributed by atoms with Crippen LogP contribution in [0.5, 0.6) is 0 Å². The number of nitrogens with one attached hydrogen (secondary N) is 2. The zero-order valence-electron chi connectivity index (χ0n) is 33.0. The Bertz CT molecular complexity index is 2060. The Hall–Kier alpha value is -4.66. The number of pyridine rings is 1. The van der Waals surface area contributed by atoms with Crippen molar-refractivity contribution in [2.45, 2.75) is 98.0 Å². The summed E-state index contributed by atoms with van der Waals surface area (Å²) in [5, 5.41) is 8.06. The summed E-state index contributed by atoms with van der Waals surface area (Å²) < 4.78 is 14.1. The molecule has 1 aromatic carbocycles. The number of hydrazine groups is 1. The molecule has 1 saturated heterocycles. The molecule has 0 aliphatic carbocycles. The van der Waals surface area contributed by atoms with Crippen LogP contribution in [0.25, 0.3) is 33.4 Å². The van der Waals surface area contributed by atoms with Crippen molar-refractivity contribution in [3.63, 3.8) is 0 Å². The Morgan fingerprint density at radius 3 is 2.73 bits per heavy atom. The topological polar surface area (TPSA) is 148 Å². The molecule has 0 saturated carbocycles. The number of nitrogens with zero attached hydrogens (tertiary/aromatic N) is 5. The molecule has 1 fully saturated rings. The largest absolute Gasteiger partial charge is 0.464 e. The summed E-state index contributed by atoms with van der Waals surface area (Å²) in [6.07, 6.45) is 3.95. The molecule has 0 radical (unpaired) electrons. The van der Waals surface area contributed by atoms with Crippen LogP contribution >= 0.6 is 11.3 Å². The molecule has 13 nitrogen and oxygen atoms in total. The molecule has 6 rings (SSSR count). The second-order valence-corrected chi connectivity index (χ2v) is 16.7. The van der Waals surface area contributed by atoms with Gasteiger partial charge in [-0.05, 0) is 68.9 Å². The second-order valence-electron chi connectivity index (χ2n) is 15.7. The number of carbonyl (C=O) groups is 4. The minimum atomic E-state index is -1.01. The normalized spacial score (nSPS) is 20.1. The van der Waals surface area contributed by atoms with E-state index in [4.69, 9.17) is 19.4 Å². The number of cyclic esters (lactones) is 1. The summed E-state index contributed by atoms with van der Waals surface area (Å²) in [4.78, 5) is 64.4. The second kappa shape index (κ2) is 16.6. The minimum Gasteiger partial charge on any atom is -0.464 e. The number of thiazole rings is 1. The Labute approximate surface area is 326 Å². The van der Waals surface area contributed by atoms with Crippen molar-refractivity contribution in [1.82, 2.24) is 35.2 Å². The average molecular weight is 772 g/mol. The number of rotatable bonds is 9. The van der Waals surface area contributed by atoms with Crippen LogP contribution in [0.4, 0.5) is 0 Å². The first-order valence-electron chi connectivity index (χ1n) is 19.1. The Balaban J connectivity index is 1.49. The fourth-order valence-corrected chi connectivity index (χ4v) is 8.69. The van der Waals surface area contributed by atoms with Crippen molar-refractivity contribution in [3.05, 3.63) is 58.2 Å². The molecule has 2 N–H and O–H groups in total. The van der Waals surface area contributed by atoms with Crippen LogP contribution in [0.2, 0.25) is 0 Å². The van der Waals surface area contributed by atoms with Gasteiger partial charge in [0.1, 0.15) is 18.1 Å². The number of aryl methyl sites for hydroxylation is 1. The van der Waals surface area contributed by atoms with Crippen molar-refractivity contribution < 1.29 is 28.7 Å². The van der Waals surface area contributed by atoms with Gasteiger partial charge in [0.05, 0.1) is 34.8 Å². The van der Waals surface area contributed by atoms with E-state index in [0.717, 1.165) is 44.7 Å². The van der Waals surface area contributed by atoms with Crippen molar-refractivity contribution in [1.29, 1.82) is 0 Å². The van der Waals surface area contributed by atoms with Gasteiger partial charge in [0, 0.05) is 72.7 Å². The number of aromatic nitrogens is 3. The molecular formula is C41H53N7O6S. The first-order valence-corrected chi connectivity index (χ1v) is 19.9. The lowest BCUT2D eigenvalue weighted by Crippen LogP contribution is -2.61. The van der Waals surface area contributed by atoms with Crippen LogP contribution in [0.1, 0.15) is 76.8 Å². The molecule has 3 amide bonds. The van der Waals surface area contributed by atoms with Gasteiger partial charge in [-0.15, -0.1) is 11.3 Å². The highest BCUT2D eigenvalue weighted by Crippen LogP contribution is 2.42. The van der Waals surface area contributed by atoms with E-state index in [2.05, 4.69) is 60.3 Å². The lowest BCUT2D eigenvalue weighted by atomic mass is 9.84. The van der Waals surface area contributed by atoms with Crippen LogP contribution in [-0.2, 0) is 48.0 Å². The van der Waals surface area contributed by atoms with Gasteiger partial charge in [-0.1, -0.05) is 33.8 Å². The predicted molar refractivity (Wildman–Crippen MR) is 212 cm³/mol. The molecule has 0 spiro atoms. The highest BCUT2D eigenvalue weighted by atomic mass is 32.1. The molecule has 2 aliphatic rings. The molecule has 3 aromatic heterocycles. The highest BCUT2D eigenvalue weighted by molar-refractivity contribution is 7.10. The average Bonchev–Trinajstić information content (AvgIpc) is 3.77. The molecule has 4 atom stereocenters. The summed E-state index contributed by atoms with van der Waals surface area (Å²) in [5.74, 6) is -1.48. The lowest BCUT2D eigenvalue weighted by molar-refractivity contribution is -0.155. The first-order chi connectivity index (χ1) is 26.3. The molecule has 1 unspecified atom stereocenters. The van der Waals surface area contributed by atoms with Crippen molar-refractivity contribution in [2.24, 2.45) is 11.3 Å². The number of ether oxygens (including phenoxy) is 2.